The van der Waals surface area contributed by atoms with Gasteiger partial charge in [0.05, 0.1) is 10.9 Å². The Kier molecular flexibility index (Phi) is 5.29. The number of hydrogen-bond acceptors (Lipinski definition) is 4. The summed E-state index contributed by atoms with van der Waals surface area (Å²) in [5.41, 5.74) is 1.04. The fourth-order valence-corrected chi connectivity index (χ4v) is 4.26. The lowest BCUT2D eigenvalue weighted by atomic mass is 9.88. The average molecular weight is 371 g/mol. The van der Waals surface area contributed by atoms with Gasteiger partial charge in [0.1, 0.15) is 5.82 Å². The number of nitrogens with one attached hydrogen (secondary N) is 1. The molecule has 1 aromatic carbocycles. The molecule has 0 unspecified atom stereocenters. The number of carbonyl (C=O) groups is 1. The van der Waals surface area contributed by atoms with Crippen molar-refractivity contribution in [3.63, 3.8) is 0 Å². The van der Waals surface area contributed by atoms with Crippen molar-refractivity contribution in [1.29, 1.82) is 0 Å². The van der Waals surface area contributed by atoms with Crippen LogP contribution in [0.4, 0.5) is 0 Å². The summed E-state index contributed by atoms with van der Waals surface area (Å²) in [4.78, 5) is 17.1. The van der Waals surface area contributed by atoms with Crippen molar-refractivity contribution in [2.75, 3.05) is 0 Å². The monoisotopic (exact) mass is 370 g/mol. The van der Waals surface area contributed by atoms with E-state index in [0.29, 0.717) is 17.1 Å². The van der Waals surface area contributed by atoms with Crippen LogP contribution in [0, 0.1) is 0 Å². The number of hydrogen-bond donors (Lipinski definition) is 1. The Labute approximate surface area is 159 Å². The zero-order valence-corrected chi connectivity index (χ0v) is 16.0. The molecule has 0 aliphatic heterocycles. The maximum absolute atomic E-state index is 12.3. The van der Waals surface area contributed by atoms with E-state index in [1.807, 2.05) is 29.8 Å². The number of nitrogens with zero attached hydrogens (tertiary/aromatic N) is 3. The molecule has 0 spiro atoms. The lowest BCUT2D eigenvalue weighted by Crippen LogP contribution is -2.32. The molecule has 4 rings (SSSR count). The number of amides is 1. The summed E-state index contributed by atoms with van der Waals surface area (Å²) in [5, 5.41) is 8.35. The van der Waals surface area contributed by atoms with Crippen molar-refractivity contribution in [3.8, 4) is 5.69 Å². The molecule has 2 fully saturated rings. The highest BCUT2D eigenvalue weighted by atomic mass is 32.2. The molecule has 1 heterocycles. The van der Waals surface area contributed by atoms with Gasteiger partial charge < -0.3 is 5.32 Å². The maximum Gasteiger partial charge on any atom is 0.233 e. The molecular formula is C20H26N4OS. The summed E-state index contributed by atoms with van der Waals surface area (Å²) < 4.78 is 1.99. The van der Waals surface area contributed by atoms with Gasteiger partial charge in [-0.1, -0.05) is 49.2 Å². The van der Waals surface area contributed by atoms with E-state index in [4.69, 9.17) is 10.1 Å². The molecule has 0 radical (unpaired) electrons. The first kappa shape index (κ1) is 17.6. The molecule has 2 aliphatic rings. The van der Waals surface area contributed by atoms with E-state index in [0.717, 1.165) is 24.4 Å². The average Bonchev–Trinajstić information content (AvgIpc) is 3.39. The molecule has 1 aromatic heterocycles. The van der Waals surface area contributed by atoms with Crippen LogP contribution < -0.4 is 5.32 Å². The molecule has 1 atom stereocenters. The van der Waals surface area contributed by atoms with Gasteiger partial charge in [-0.2, -0.15) is 0 Å². The highest BCUT2D eigenvalue weighted by molar-refractivity contribution is 8.00. The number of benzene rings is 1. The standard InChI is InChI=1S/C20H26N4OS/c1-14(19(25)21-16-12-13-16)26-20-22-18(15-8-4-2-5-9-15)24(23-20)17-10-6-3-7-11-17/h3,6-7,10-11,14-16H,2,4-5,8-9,12-13H2,1H3,(H,21,25)/t14-/m0/s1. The van der Waals surface area contributed by atoms with Crippen LogP contribution in [0.5, 0.6) is 0 Å². The number of aromatic nitrogens is 3. The topological polar surface area (TPSA) is 59.8 Å². The predicted octanol–water partition coefficient (Wildman–Crippen LogP) is 4.07. The van der Waals surface area contributed by atoms with Crippen LogP contribution in [0.15, 0.2) is 35.5 Å². The van der Waals surface area contributed by atoms with Gasteiger partial charge in [0, 0.05) is 12.0 Å². The third-order valence-corrected chi connectivity index (χ3v) is 6.11. The summed E-state index contributed by atoms with van der Waals surface area (Å²) in [6, 6.07) is 10.6. The SMILES string of the molecule is C[C@H](Sc1nc(C2CCCCC2)n(-c2ccccc2)n1)C(=O)NC1CC1. The predicted molar refractivity (Wildman–Crippen MR) is 104 cm³/mol. The van der Waals surface area contributed by atoms with Crippen LogP contribution >= 0.6 is 11.8 Å². The Morgan fingerprint density at radius 1 is 1.15 bits per heavy atom. The zero-order chi connectivity index (χ0) is 17.9. The third kappa shape index (κ3) is 4.11. The summed E-state index contributed by atoms with van der Waals surface area (Å²) in [6.07, 6.45) is 8.40. The van der Waals surface area contributed by atoms with Gasteiger partial charge >= 0.3 is 0 Å². The van der Waals surface area contributed by atoms with Crippen molar-refractivity contribution in [1.82, 2.24) is 20.1 Å². The molecule has 6 heteroatoms. The molecule has 0 bridgehead atoms. The lowest BCUT2D eigenvalue weighted by Gasteiger charge is -2.21. The van der Waals surface area contributed by atoms with Gasteiger partial charge in [-0.25, -0.2) is 9.67 Å². The minimum atomic E-state index is -0.179. The van der Waals surface area contributed by atoms with Crippen LogP contribution in [0.25, 0.3) is 5.69 Å². The van der Waals surface area contributed by atoms with Gasteiger partial charge in [0.15, 0.2) is 0 Å². The van der Waals surface area contributed by atoms with Crippen molar-refractivity contribution in [3.05, 3.63) is 36.2 Å². The second-order valence-corrected chi connectivity index (χ2v) is 8.69. The zero-order valence-electron chi connectivity index (χ0n) is 15.2. The molecule has 2 saturated carbocycles. The molecule has 1 N–H and O–H groups in total. The van der Waals surface area contributed by atoms with E-state index in [-0.39, 0.29) is 11.2 Å². The summed E-state index contributed by atoms with van der Waals surface area (Å²) >= 11 is 1.46. The summed E-state index contributed by atoms with van der Waals surface area (Å²) in [5.74, 6) is 1.60. The molecule has 138 valence electrons. The Bertz CT molecular complexity index is 750. The lowest BCUT2D eigenvalue weighted by molar-refractivity contribution is -0.120. The molecule has 26 heavy (non-hydrogen) atoms. The van der Waals surface area contributed by atoms with E-state index in [2.05, 4.69) is 17.4 Å². The van der Waals surface area contributed by atoms with E-state index < -0.39 is 0 Å². The van der Waals surface area contributed by atoms with Crippen molar-refractivity contribution in [2.24, 2.45) is 0 Å². The van der Waals surface area contributed by atoms with Crippen LogP contribution in [0.2, 0.25) is 0 Å². The van der Waals surface area contributed by atoms with E-state index in [1.54, 1.807) is 0 Å². The molecular weight excluding hydrogens is 344 g/mol. The van der Waals surface area contributed by atoms with Crippen LogP contribution in [0.3, 0.4) is 0 Å². The van der Waals surface area contributed by atoms with Crippen molar-refractivity contribution < 1.29 is 4.79 Å². The minimum absolute atomic E-state index is 0.0905. The van der Waals surface area contributed by atoms with Crippen LogP contribution in [0.1, 0.15) is 63.6 Å². The number of carbonyl (C=O) groups excluding carboxylic acids is 1. The van der Waals surface area contributed by atoms with Crippen LogP contribution in [-0.2, 0) is 4.79 Å². The molecule has 2 aliphatic carbocycles. The second kappa shape index (κ2) is 7.82. The molecule has 2 aromatic rings. The van der Waals surface area contributed by atoms with Gasteiger partial charge in [-0.05, 0) is 44.7 Å². The molecule has 0 saturated heterocycles. The smallest absolute Gasteiger partial charge is 0.233 e. The maximum atomic E-state index is 12.3. The minimum Gasteiger partial charge on any atom is -0.352 e. The fraction of sp³-hybridized carbons (Fsp3) is 0.550. The Balaban J connectivity index is 1.56. The van der Waals surface area contributed by atoms with E-state index in [9.17, 15) is 4.79 Å². The summed E-state index contributed by atoms with van der Waals surface area (Å²) in [6.45, 7) is 1.94. The first-order valence-electron chi connectivity index (χ1n) is 9.70. The number of thioether (sulfide) groups is 1. The first-order valence-corrected chi connectivity index (χ1v) is 10.6. The fourth-order valence-electron chi connectivity index (χ4n) is 3.50. The Morgan fingerprint density at radius 3 is 2.58 bits per heavy atom. The van der Waals surface area contributed by atoms with Gasteiger partial charge in [0.25, 0.3) is 0 Å². The van der Waals surface area contributed by atoms with E-state index >= 15 is 0 Å². The number of para-hydroxylation sites is 1. The van der Waals surface area contributed by atoms with Gasteiger partial charge in [-0.3, -0.25) is 4.79 Å². The van der Waals surface area contributed by atoms with Gasteiger partial charge in [-0.15, -0.1) is 5.10 Å². The van der Waals surface area contributed by atoms with E-state index in [1.165, 1.54) is 43.9 Å². The normalized spacial score (nSPS) is 19.3. The van der Waals surface area contributed by atoms with Crippen LogP contribution in [-0.4, -0.2) is 32.0 Å². The Hall–Kier alpha value is -1.82. The Morgan fingerprint density at radius 2 is 1.88 bits per heavy atom. The largest absolute Gasteiger partial charge is 0.352 e. The first-order chi connectivity index (χ1) is 12.7. The quantitative estimate of drug-likeness (QED) is 0.779. The molecule has 5 nitrogen and oxygen atoms in total. The van der Waals surface area contributed by atoms with Crippen molar-refractivity contribution in [2.45, 2.75) is 74.2 Å². The van der Waals surface area contributed by atoms with Crippen molar-refractivity contribution >= 4 is 17.7 Å². The highest BCUT2D eigenvalue weighted by Gasteiger charge is 2.28. The van der Waals surface area contributed by atoms with Gasteiger partial charge in [0.2, 0.25) is 11.1 Å². The highest BCUT2D eigenvalue weighted by Crippen LogP contribution is 2.34. The number of rotatable bonds is 6. The second-order valence-electron chi connectivity index (χ2n) is 7.38. The summed E-state index contributed by atoms with van der Waals surface area (Å²) in [7, 11) is 0. The third-order valence-electron chi connectivity index (χ3n) is 5.16. The molecule has 1 amide bonds.